The zero-order valence-corrected chi connectivity index (χ0v) is 23.9. The van der Waals surface area contributed by atoms with Gasteiger partial charge in [-0.2, -0.15) is 4.39 Å². The van der Waals surface area contributed by atoms with Gasteiger partial charge in [0.1, 0.15) is 5.60 Å². The van der Waals surface area contributed by atoms with E-state index in [4.69, 9.17) is 14.1 Å². The Balaban J connectivity index is 1.48. The highest BCUT2D eigenvalue weighted by Crippen LogP contribution is 2.42. The predicted molar refractivity (Wildman–Crippen MR) is 158 cm³/mol. The van der Waals surface area contributed by atoms with Gasteiger partial charge in [0.15, 0.2) is 5.65 Å². The summed E-state index contributed by atoms with van der Waals surface area (Å²) in [5, 5.41) is 10.7. The van der Waals surface area contributed by atoms with Crippen LogP contribution in [0.5, 0.6) is 0 Å². The molecule has 0 spiro atoms. The molecule has 0 aliphatic carbocycles. The molecule has 6 rings (SSSR count). The van der Waals surface area contributed by atoms with Crippen molar-refractivity contribution in [1.29, 1.82) is 0 Å². The molecule has 216 valence electrons. The number of halogens is 1. The van der Waals surface area contributed by atoms with Crippen molar-refractivity contribution in [3.63, 3.8) is 0 Å². The number of aliphatic hydroxyl groups is 1. The molecule has 8 nitrogen and oxygen atoms in total. The lowest BCUT2D eigenvalue weighted by Gasteiger charge is -2.29. The van der Waals surface area contributed by atoms with E-state index in [2.05, 4.69) is 22.0 Å². The van der Waals surface area contributed by atoms with Crippen LogP contribution in [0.4, 0.5) is 9.18 Å². The van der Waals surface area contributed by atoms with Gasteiger partial charge in [-0.1, -0.05) is 24.3 Å². The third-order valence-corrected chi connectivity index (χ3v) is 7.37. The molecule has 1 aliphatic heterocycles. The molecule has 1 aliphatic rings. The Labute approximate surface area is 243 Å². The van der Waals surface area contributed by atoms with E-state index in [1.54, 1.807) is 39.1 Å². The van der Waals surface area contributed by atoms with Gasteiger partial charge < -0.3 is 14.3 Å². The van der Waals surface area contributed by atoms with Crippen LogP contribution < -0.4 is 0 Å². The van der Waals surface area contributed by atoms with Crippen LogP contribution in [-0.2, 0) is 11.3 Å². The third kappa shape index (κ3) is 5.70. The van der Waals surface area contributed by atoms with E-state index in [9.17, 15) is 14.3 Å². The molecule has 9 heteroatoms. The third-order valence-electron chi connectivity index (χ3n) is 7.37. The van der Waals surface area contributed by atoms with Crippen molar-refractivity contribution in [3.8, 4) is 33.5 Å². The number of furan rings is 1. The highest BCUT2D eigenvalue weighted by atomic mass is 19.1. The molecule has 5 heterocycles. The first-order valence-electron chi connectivity index (χ1n) is 14.1. The monoisotopic (exact) mass is 568 g/mol. The minimum absolute atomic E-state index is 0.265. The van der Waals surface area contributed by atoms with Gasteiger partial charge in [0.25, 0.3) is 0 Å². The van der Waals surface area contributed by atoms with Crippen LogP contribution in [-0.4, -0.2) is 55.4 Å². The molecule has 5 aromatic rings. The maximum absolute atomic E-state index is 14.4. The maximum atomic E-state index is 14.4. The summed E-state index contributed by atoms with van der Waals surface area (Å²) in [5.41, 5.74) is 4.87. The highest BCUT2D eigenvalue weighted by Gasteiger charge is 2.29. The summed E-state index contributed by atoms with van der Waals surface area (Å²) in [6.07, 6.45) is 7.18. The van der Waals surface area contributed by atoms with Crippen molar-refractivity contribution < 1.29 is 23.4 Å². The Morgan fingerprint density at radius 2 is 1.88 bits per heavy atom. The Morgan fingerprint density at radius 1 is 1.07 bits per heavy atom. The summed E-state index contributed by atoms with van der Waals surface area (Å²) in [7, 11) is 0. The van der Waals surface area contributed by atoms with Crippen LogP contribution in [0, 0.1) is 5.95 Å². The average molecular weight is 569 g/mol. The first-order valence-corrected chi connectivity index (χ1v) is 14.1. The van der Waals surface area contributed by atoms with Crippen molar-refractivity contribution >= 4 is 17.1 Å². The van der Waals surface area contributed by atoms with Crippen molar-refractivity contribution in [2.24, 2.45) is 0 Å². The van der Waals surface area contributed by atoms with Gasteiger partial charge in [0.2, 0.25) is 5.95 Å². The van der Waals surface area contributed by atoms with E-state index < -0.39 is 17.6 Å². The molecule has 1 unspecified atom stereocenters. The standard InChI is InChI=1S/C33H33FN4O4/c1-33(2,3)42-32(40)38-30(24-11-14-41-20-24)29(23-10-12-35-28(34)16-23)27-15-25(17-36-31(27)38)22-8-6-21(7-9-22)18-37-13-4-5-26(39)19-37/h6-12,14-17,20,26,39H,4-5,13,18-19H2,1-3H3. The molecule has 1 aromatic carbocycles. The Bertz CT molecular complexity index is 1720. The van der Waals surface area contributed by atoms with Gasteiger partial charge in [0.05, 0.1) is 24.3 Å². The number of pyridine rings is 2. The molecule has 1 saturated heterocycles. The number of likely N-dealkylation sites (tertiary alicyclic amines) is 1. The number of hydrogen-bond acceptors (Lipinski definition) is 7. The first kappa shape index (κ1) is 27.8. The minimum Gasteiger partial charge on any atom is -0.472 e. The van der Waals surface area contributed by atoms with Crippen molar-refractivity contribution in [2.45, 2.75) is 51.9 Å². The molecule has 1 N–H and O–H groups in total. The van der Waals surface area contributed by atoms with Crippen LogP contribution >= 0.6 is 0 Å². The number of aliphatic hydroxyl groups excluding tert-OH is 1. The molecule has 0 amide bonds. The summed E-state index contributed by atoms with van der Waals surface area (Å²) >= 11 is 0. The lowest BCUT2D eigenvalue weighted by Crippen LogP contribution is -2.37. The van der Waals surface area contributed by atoms with Gasteiger partial charge in [-0.25, -0.2) is 19.3 Å². The van der Waals surface area contributed by atoms with Gasteiger partial charge in [-0.3, -0.25) is 4.90 Å². The number of nitrogens with zero attached hydrogens (tertiary/aromatic N) is 4. The fraction of sp³-hybridized carbons (Fsp3) is 0.303. The minimum atomic E-state index is -0.752. The zero-order valence-electron chi connectivity index (χ0n) is 23.9. The molecule has 4 aromatic heterocycles. The van der Waals surface area contributed by atoms with Gasteiger partial charge >= 0.3 is 6.09 Å². The van der Waals surface area contributed by atoms with E-state index in [0.717, 1.165) is 42.6 Å². The van der Waals surface area contributed by atoms with E-state index in [0.29, 0.717) is 40.0 Å². The van der Waals surface area contributed by atoms with Crippen LogP contribution in [0.2, 0.25) is 0 Å². The van der Waals surface area contributed by atoms with Gasteiger partial charge in [0, 0.05) is 53.6 Å². The smallest absolute Gasteiger partial charge is 0.420 e. The van der Waals surface area contributed by atoms with Crippen molar-refractivity contribution in [2.75, 3.05) is 13.1 Å². The molecule has 0 radical (unpaired) electrons. The number of hydrogen-bond donors (Lipinski definition) is 1. The SMILES string of the molecule is CC(C)(C)OC(=O)n1c(-c2ccoc2)c(-c2ccnc(F)c2)c2cc(-c3ccc(CN4CCCC(O)C4)cc3)cnc21. The molecule has 1 fully saturated rings. The van der Waals surface area contributed by atoms with E-state index >= 15 is 0 Å². The quantitative estimate of drug-likeness (QED) is 0.230. The molecule has 1 atom stereocenters. The largest absolute Gasteiger partial charge is 0.472 e. The van der Waals surface area contributed by atoms with Crippen LogP contribution in [0.3, 0.4) is 0 Å². The molecular weight excluding hydrogens is 535 g/mol. The summed E-state index contributed by atoms with van der Waals surface area (Å²) in [4.78, 5) is 24.4. The van der Waals surface area contributed by atoms with Gasteiger partial charge in [-0.15, -0.1) is 0 Å². The topological polar surface area (TPSA) is 93.6 Å². The van der Waals surface area contributed by atoms with E-state index in [-0.39, 0.29) is 6.10 Å². The summed E-state index contributed by atoms with van der Waals surface area (Å²) in [6.45, 7) is 7.85. The zero-order chi connectivity index (χ0) is 29.4. The van der Waals surface area contributed by atoms with Gasteiger partial charge in [-0.05, 0) is 75.0 Å². The van der Waals surface area contributed by atoms with E-state index in [1.165, 1.54) is 29.4 Å². The fourth-order valence-electron chi connectivity index (χ4n) is 5.57. The van der Waals surface area contributed by atoms with E-state index in [1.807, 2.05) is 18.2 Å². The second kappa shape index (κ2) is 11.2. The van der Waals surface area contributed by atoms with Crippen molar-refractivity contribution in [3.05, 3.63) is 85.0 Å². The lowest BCUT2D eigenvalue weighted by atomic mass is 9.98. The number of β-amino-alcohol motifs (C(OH)–C–C–N with tert-alkyl or cyclic N) is 1. The lowest BCUT2D eigenvalue weighted by molar-refractivity contribution is 0.0546. The number of ether oxygens (including phenoxy) is 1. The number of fused-ring (bicyclic) bond motifs is 1. The normalized spacial score (nSPS) is 16.2. The second-order valence-electron chi connectivity index (χ2n) is 11.7. The highest BCUT2D eigenvalue weighted by molar-refractivity contribution is 6.08. The fourth-order valence-corrected chi connectivity index (χ4v) is 5.57. The number of carbonyl (C=O) groups is 1. The predicted octanol–water partition coefficient (Wildman–Crippen LogP) is 6.90. The first-order chi connectivity index (χ1) is 20.2. The number of benzene rings is 1. The van der Waals surface area contributed by atoms with Crippen LogP contribution in [0.25, 0.3) is 44.5 Å². The molecule has 0 saturated carbocycles. The van der Waals surface area contributed by atoms with Crippen molar-refractivity contribution in [1.82, 2.24) is 19.4 Å². The summed E-state index contributed by atoms with van der Waals surface area (Å²) in [5.74, 6) is -0.635. The summed E-state index contributed by atoms with van der Waals surface area (Å²) < 4.78 is 27.0. The molecule has 0 bridgehead atoms. The molecule has 42 heavy (non-hydrogen) atoms. The number of aromatic nitrogens is 3. The number of rotatable bonds is 5. The molecular formula is C33H33FN4O4. The average Bonchev–Trinajstić information content (AvgIpc) is 3.58. The maximum Gasteiger partial charge on any atom is 0.420 e. The Kier molecular flexibility index (Phi) is 7.38. The van der Waals surface area contributed by atoms with Crippen LogP contribution in [0.15, 0.2) is 77.9 Å². The number of carbonyl (C=O) groups excluding carboxylic acids is 1. The Morgan fingerprint density at radius 3 is 2.57 bits per heavy atom. The number of piperidine rings is 1. The second-order valence-corrected chi connectivity index (χ2v) is 11.7. The summed E-state index contributed by atoms with van der Waals surface area (Å²) in [6, 6.07) is 15.0. The Hall–Kier alpha value is -4.34. The van der Waals surface area contributed by atoms with Crippen LogP contribution in [0.1, 0.15) is 39.2 Å².